The van der Waals surface area contributed by atoms with Crippen LogP contribution >= 0.6 is 11.3 Å². The van der Waals surface area contributed by atoms with Gasteiger partial charge in [0.05, 0.1) is 11.8 Å². The first-order valence-corrected chi connectivity index (χ1v) is 10.7. The monoisotopic (exact) mass is 421 g/mol. The number of thiophene rings is 1. The molecule has 0 spiro atoms. The molecule has 0 unspecified atom stereocenters. The van der Waals surface area contributed by atoms with Crippen molar-refractivity contribution in [2.75, 3.05) is 5.32 Å². The lowest BCUT2D eigenvalue weighted by Gasteiger charge is -2.24. The van der Waals surface area contributed by atoms with Gasteiger partial charge in [-0.2, -0.15) is 0 Å². The summed E-state index contributed by atoms with van der Waals surface area (Å²) in [6, 6.07) is 15.4. The van der Waals surface area contributed by atoms with Crippen LogP contribution in [0.5, 0.6) is 5.75 Å². The highest BCUT2D eigenvalue weighted by molar-refractivity contribution is 7.15. The van der Waals surface area contributed by atoms with Crippen molar-refractivity contribution in [3.63, 3.8) is 0 Å². The van der Waals surface area contributed by atoms with E-state index < -0.39 is 5.97 Å². The molecule has 30 heavy (non-hydrogen) atoms. The number of aromatic carboxylic acids is 1. The number of fused-ring (bicyclic) bond motifs is 1. The molecule has 3 aromatic rings. The van der Waals surface area contributed by atoms with Gasteiger partial charge in [-0.3, -0.25) is 4.79 Å². The molecule has 0 bridgehead atoms. The van der Waals surface area contributed by atoms with E-state index in [0.717, 1.165) is 27.3 Å². The topological polar surface area (TPSA) is 75.6 Å². The van der Waals surface area contributed by atoms with E-state index in [4.69, 9.17) is 4.74 Å². The highest BCUT2D eigenvalue weighted by Crippen LogP contribution is 2.49. The first-order chi connectivity index (χ1) is 14.3. The Morgan fingerprint density at radius 2 is 1.80 bits per heavy atom. The number of carbonyl (C=O) groups excluding carboxylic acids is 1. The maximum Gasteiger partial charge on any atom is 0.346 e. The third-order valence-electron chi connectivity index (χ3n) is 5.09. The summed E-state index contributed by atoms with van der Waals surface area (Å²) in [5.74, 6) is -0.520. The standard InChI is InChI=1S/C24H23NO4S/c1-13(2)29-17-10-8-15(9-11-17)18-12-19(26)25-21-20(16-6-4-14(3)5-7-16)23(24(27)28)30-22(18)21/h4-11,13,18H,12H2,1-3H3,(H,25,26)(H,27,28)/t18-/m0/s1. The molecular formula is C24H23NO4S. The van der Waals surface area contributed by atoms with E-state index in [0.29, 0.717) is 11.3 Å². The molecule has 2 aromatic carbocycles. The summed E-state index contributed by atoms with van der Waals surface area (Å²) in [5.41, 5.74) is 4.05. The Morgan fingerprint density at radius 3 is 2.40 bits per heavy atom. The van der Waals surface area contributed by atoms with Gasteiger partial charge in [-0.1, -0.05) is 42.0 Å². The molecule has 0 radical (unpaired) electrons. The molecule has 6 heteroatoms. The van der Waals surface area contributed by atoms with Gasteiger partial charge in [-0.15, -0.1) is 11.3 Å². The number of benzene rings is 2. The third kappa shape index (κ3) is 3.83. The molecule has 1 atom stereocenters. The van der Waals surface area contributed by atoms with Crippen LogP contribution < -0.4 is 10.1 Å². The quantitative estimate of drug-likeness (QED) is 0.555. The largest absolute Gasteiger partial charge is 0.491 e. The van der Waals surface area contributed by atoms with E-state index in [1.165, 1.54) is 11.3 Å². The van der Waals surface area contributed by atoms with Gasteiger partial charge in [0.2, 0.25) is 5.91 Å². The number of nitrogens with one attached hydrogen (secondary N) is 1. The van der Waals surface area contributed by atoms with Crippen molar-refractivity contribution in [2.45, 2.75) is 39.2 Å². The van der Waals surface area contributed by atoms with Crippen molar-refractivity contribution >= 4 is 28.9 Å². The lowest BCUT2D eigenvalue weighted by Crippen LogP contribution is -2.22. The zero-order chi connectivity index (χ0) is 21.4. The van der Waals surface area contributed by atoms with Crippen LogP contribution in [0.2, 0.25) is 0 Å². The average Bonchev–Trinajstić information content (AvgIpc) is 3.08. The number of carbonyl (C=O) groups is 2. The number of aryl methyl sites for hydroxylation is 1. The predicted octanol–water partition coefficient (Wildman–Crippen LogP) is 5.68. The van der Waals surface area contributed by atoms with E-state index >= 15 is 0 Å². The van der Waals surface area contributed by atoms with Gasteiger partial charge >= 0.3 is 5.97 Å². The maximum atomic E-state index is 12.6. The summed E-state index contributed by atoms with van der Waals surface area (Å²) < 4.78 is 5.71. The van der Waals surface area contributed by atoms with E-state index in [1.54, 1.807) is 0 Å². The van der Waals surface area contributed by atoms with Crippen LogP contribution in [-0.4, -0.2) is 23.1 Å². The number of carboxylic acids is 1. The van der Waals surface area contributed by atoms with E-state index in [-0.39, 0.29) is 29.2 Å². The first kappa shape index (κ1) is 20.2. The van der Waals surface area contributed by atoms with Gasteiger partial charge in [0.1, 0.15) is 10.6 Å². The third-order valence-corrected chi connectivity index (χ3v) is 6.39. The van der Waals surface area contributed by atoms with Crippen molar-refractivity contribution in [1.29, 1.82) is 0 Å². The number of hydrogen-bond acceptors (Lipinski definition) is 4. The Bertz CT molecular complexity index is 1100. The van der Waals surface area contributed by atoms with Crippen molar-refractivity contribution in [3.05, 3.63) is 69.4 Å². The van der Waals surface area contributed by atoms with Crippen molar-refractivity contribution < 1.29 is 19.4 Å². The second-order valence-electron chi connectivity index (χ2n) is 7.76. The predicted molar refractivity (Wildman–Crippen MR) is 119 cm³/mol. The lowest BCUT2D eigenvalue weighted by molar-refractivity contribution is -0.116. The molecule has 1 aliphatic heterocycles. The number of anilines is 1. The van der Waals surface area contributed by atoms with Crippen LogP contribution in [0.1, 0.15) is 51.9 Å². The summed E-state index contributed by atoms with van der Waals surface area (Å²) in [4.78, 5) is 25.7. The minimum absolute atomic E-state index is 0.0791. The van der Waals surface area contributed by atoms with Gasteiger partial charge in [-0.25, -0.2) is 4.79 Å². The molecule has 1 aliphatic rings. The van der Waals surface area contributed by atoms with Gasteiger partial charge in [0.15, 0.2) is 0 Å². The maximum absolute atomic E-state index is 12.6. The minimum atomic E-state index is -0.987. The van der Waals surface area contributed by atoms with E-state index in [9.17, 15) is 14.7 Å². The Balaban J connectivity index is 1.81. The van der Waals surface area contributed by atoms with Crippen LogP contribution in [0.15, 0.2) is 48.5 Å². The minimum Gasteiger partial charge on any atom is -0.491 e. The molecule has 5 nitrogen and oxygen atoms in total. The molecule has 1 aromatic heterocycles. The van der Waals surface area contributed by atoms with E-state index in [2.05, 4.69) is 5.32 Å². The summed E-state index contributed by atoms with van der Waals surface area (Å²) in [6.45, 7) is 5.92. The van der Waals surface area contributed by atoms with Gasteiger partial charge in [0.25, 0.3) is 0 Å². The number of amides is 1. The Kier molecular flexibility index (Phi) is 5.35. The Labute approximate surface area is 179 Å². The number of hydrogen-bond donors (Lipinski definition) is 2. The highest BCUT2D eigenvalue weighted by atomic mass is 32.1. The van der Waals surface area contributed by atoms with Crippen LogP contribution in [0.4, 0.5) is 5.69 Å². The molecule has 4 rings (SSSR count). The number of ether oxygens (including phenoxy) is 1. The van der Waals surface area contributed by atoms with Gasteiger partial charge < -0.3 is 15.2 Å². The Hall–Kier alpha value is -3.12. The SMILES string of the molecule is Cc1ccc(-c2c(C(=O)O)sc3c2NC(=O)C[C@H]3c2ccc(OC(C)C)cc2)cc1. The van der Waals surface area contributed by atoms with Gasteiger partial charge in [0, 0.05) is 22.8 Å². The van der Waals surface area contributed by atoms with Crippen LogP contribution in [0, 0.1) is 6.92 Å². The summed E-state index contributed by atoms with van der Waals surface area (Å²) in [6.07, 6.45) is 0.361. The average molecular weight is 422 g/mol. The lowest BCUT2D eigenvalue weighted by atomic mass is 9.88. The second kappa shape index (κ2) is 7.95. The van der Waals surface area contributed by atoms with Crippen LogP contribution in [-0.2, 0) is 4.79 Å². The normalized spacial score (nSPS) is 15.6. The number of carboxylic acid groups (broad SMARTS) is 1. The van der Waals surface area contributed by atoms with Gasteiger partial charge in [-0.05, 0) is 44.0 Å². The van der Waals surface area contributed by atoms with Crippen molar-refractivity contribution in [2.24, 2.45) is 0 Å². The Morgan fingerprint density at radius 1 is 1.13 bits per heavy atom. The fourth-order valence-corrected chi connectivity index (χ4v) is 5.00. The number of rotatable bonds is 5. The van der Waals surface area contributed by atoms with Crippen LogP contribution in [0.3, 0.4) is 0 Å². The highest BCUT2D eigenvalue weighted by Gasteiger charge is 2.34. The first-order valence-electron chi connectivity index (χ1n) is 9.87. The smallest absolute Gasteiger partial charge is 0.346 e. The van der Waals surface area contributed by atoms with Crippen molar-refractivity contribution in [1.82, 2.24) is 0 Å². The molecule has 0 fully saturated rings. The summed E-state index contributed by atoms with van der Waals surface area (Å²) in [5, 5.41) is 12.8. The fraction of sp³-hybridized carbons (Fsp3) is 0.250. The molecule has 0 saturated heterocycles. The molecule has 154 valence electrons. The molecule has 2 N–H and O–H groups in total. The fourth-order valence-electron chi connectivity index (χ4n) is 3.75. The zero-order valence-corrected chi connectivity index (χ0v) is 17.9. The van der Waals surface area contributed by atoms with Crippen LogP contribution in [0.25, 0.3) is 11.1 Å². The zero-order valence-electron chi connectivity index (χ0n) is 17.1. The van der Waals surface area contributed by atoms with Crippen molar-refractivity contribution in [3.8, 4) is 16.9 Å². The molecular weight excluding hydrogens is 398 g/mol. The molecule has 0 aliphatic carbocycles. The molecule has 0 saturated carbocycles. The molecule has 2 heterocycles. The summed E-state index contributed by atoms with van der Waals surface area (Å²) in [7, 11) is 0. The molecule has 1 amide bonds. The van der Waals surface area contributed by atoms with E-state index in [1.807, 2.05) is 69.3 Å². The summed E-state index contributed by atoms with van der Waals surface area (Å²) >= 11 is 1.24. The second-order valence-corrected chi connectivity index (χ2v) is 8.81.